The summed E-state index contributed by atoms with van der Waals surface area (Å²) in [7, 11) is 0. The van der Waals surface area contributed by atoms with E-state index in [0.717, 1.165) is 17.6 Å². The van der Waals surface area contributed by atoms with Crippen LogP contribution < -0.4 is 0 Å². The first-order valence-corrected chi connectivity index (χ1v) is 5.11. The van der Waals surface area contributed by atoms with E-state index in [2.05, 4.69) is 51.3 Å². The molecular weight excluding hydrogens is 226 g/mol. The summed E-state index contributed by atoms with van der Waals surface area (Å²) in [5, 5.41) is 0. The van der Waals surface area contributed by atoms with E-state index in [-0.39, 0.29) is 0 Å². The van der Waals surface area contributed by atoms with Gasteiger partial charge in [-0.2, -0.15) is 0 Å². The van der Waals surface area contributed by atoms with Crippen molar-refractivity contribution >= 4 is 26.1 Å². The van der Waals surface area contributed by atoms with Crippen molar-refractivity contribution < 1.29 is 0 Å². The molecular formula is C11H10BrN. The smallest absolute Gasteiger partial charge is 0.100 e. The summed E-state index contributed by atoms with van der Waals surface area (Å²) in [6.45, 7) is 0.890. The summed E-state index contributed by atoms with van der Waals surface area (Å²) in [5.74, 6) is 0. The lowest BCUT2D eigenvalue weighted by Gasteiger charge is -2.10. The van der Waals surface area contributed by atoms with Crippen molar-refractivity contribution in [2.75, 3.05) is 6.54 Å². The minimum Gasteiger partial charge on any atom is -0.278 e. The predicted molar refractivity (Wildman–Crippen MR) is 60.3 cm³/mol. The lowest BCUT2D eigenvalue weighted by molar-refractivity contribution is 1.02. The van der Waals surface area contributed by atoms with Crippen LogP contribution in [0.1, 0.15) is 12.0 Å². The van der Waals surface area contributed by atoms with Gasteiger partial charge in [0.05, 0.1) is 0 Å². The van der Waals surface area contributed by atoms with E-state index in [1.807, 2.05) is 6.07 Å². The molecule has 0 unspecified atom stereocenters. The summed E-state index contributed by atoms with van der Waals surface area (Å²) in [6, 6.07) is 10.4. The third-order valence-electron chi connectivity index (χ3n) is 2.08. The fourth-order valence-electron chi connectivity index (χ4n) is 1.42. The largest absolute Gasteiger partial charge is 0.278 e. The molecule has 1 aromatic carbocycles. The van der Waals surface area contributed by atoms with Crippen molar-refractivity contribution in [1.82, 2.24) is 0 Å². The molecule has 13 heavy (non-hydrogen) atoms. The number of aliphatic imine (C=N–C) groups is 1. The monoisotopic (exact) mass is 235 g/mol. The molecule has 0 amide bonds. The molecule has 0 aromatic heterocycles. The summed E-state index contributed by atoms with van der Waals surface area (Å²) < 4.78 is 0.956. The average Bonchev–Trinajstić information content (AvgIpc) is 2.19. The van der Waals surface area contributed by atoms with Gasteiger partial charge in [0.25, 0.3) is 0 Å². The molecule has 1 heterocycles. The number of benzene rings is 1. The number of hydrogen-bond acceptors (Lipinski definition) is 1. The number of allylic oxidation sites excluding steroid dienone is 1. The number of dihydropyridines is 1. The van der Waals surface area contributed by atoms with Gasteiger partial charge in [-0.15, -0.1) is 0 Å². The van der Waals surface area contributed by atoms with Crippen molar-refractivity contribution in [3.63, 3.8) is 0 Å². The Labute approximate surface area is 86.3 Å². The van der Waals surface area contributed by atoms with Crippen LogP contribution in [0.25, 0.3) is 5.57 Å². The van der Waals surface area contributed by atoms with Crippen molar-refractivity contribution in [3.8, 4) is 0 Å². The van der Waals surface area contributed by atoms with Gasteiger partial charge < -0.3 is 0 Å². The summed E-state index contributed by atoms with van der Waals surface area (Å²) in [5.41, 5.74) is 2.66. The van der Waals surface area contributed by atoms with Gasteiger partial charge in [-0.1, -0.05) is 30.3 Å². The molecule has 0 saturated carbocycles. The van der Waals surface area contributed by atoms with Crippen LogP contribution in [0.3, 0.4) is 0 Å². The highest BCUT2D eigenvalue weighted by Crippen LogP contribution is 2.21. The zero-order valence-corrected chi connectivity index (χ0v) is 8.79. The topological polar surface area (TPSA) is 12.4 Å². The van der Waals surface area contributed by atoms with Gasteiger partial charge in [0.1, 0.15) is 4.62 Å². The maximum atomic E-state index is 4.26. The van der Waals surface area contributed by atoms with Gasteiger partial charge in [0, 0.05) is 6.54 Å². The van der Waals surface area contributed by atoms with Crippen LogP contribution in [-0.4, -0.2) is 11.2 Å². The fraction of sp³-hybridized carbons (Fsp3) is 0.182. The van der Waals surface area contributed by atoms with Gasteiger partial charge >= 0.3 is 0 Å². The molecule has 0 N–H and O–H groups in total. The van der Waals surface area contributed by atoms with Crippen molar-refractivity contribution in [3.05, 3.63) is 42.0 Å². The second-order valence-electron chi connectivity index (χ2n) is 2.99. The highest BCUT2D eigenvalue weighted by atomic mass is 79.9. The van der Waals surface area contributed by atoms with Crippen LogP contribution in [-0.2, 0) is 0 Å². The van der Waals surface area contributed by atoms with Crippen LogP contribution in [0.2, 0.25) is 0 Å². The Morgan fingerprint density at radius 2 is 1.92 bits per heavy atom. The Morgan fingerprint density at radius 3 is 2.62 bits per heavy atom. The third kappa shape index (κ3) is 2.07. The quantitative estimate of drug-likeness (QED) is 0.709. The molecule has 1 nitrogen and oxygen atoms in total. The lowest BCUT2D eigenvalue weighted by atomic mass is 10.0. The molecule has 0 radical (unpaired) electrons. The molecule has 0 atom stereocenters. The Morgan fingerprint density at radius 1 is 1.15 bits per heavy atom. The molecule has 1 aliphatic heterocycles. The van der Waals surface area contributed by atoms with E-state index >= 15 is 0 Å². The first kappa shape index (κ1) is 8.70. The van der Waals surface area contributed by atoms with Gasteiger partial charge in [-0.25, -0.2) is 0 Å². The molecule has 0 aliphatic carbocycles. The van der Waals surface area contributed by atoms with E-state index in [9.17, 15) is 0 Å². The number of hydrogen-bond donors (Lipinski definition) is 0. The Kier molecular flexibility index (Phi) is 2.60. The first-order valence-electron chi connectivity index (χ1n) is 4.32. The minimum atomic E-state index is 0.890. The van der Waals surface area contributed by atoms with E-state index in [4.69, 9.17) is 0 Å². The van der Waals surface area contributed by atoms with Gasteiger partial charge in [0.2, 0.25) is 0 Å². The van der Waals surface area contributed by atoms with E-state index in [1.54, 1.807) is 0 Å². The van der Waals surface area contributed by atoms with Crippen LogP contribution in [0.15, 0.2) is 41.4 Å². The maximum Gasteiger partial charge on any atom is 0.100 e. The number of rotatable bonds is 1. The SMILES string of the molecule is BrC1=NCCC(c2ccccc2)=C1. The van der Waals surface area contributed by atoms with Gasteiger partial charge in [-0.3, -0.25) is 4.99 Å². The fourth-order valence-corrected chi connectivity index (χ4v) is 1.88. The second kappa shape index (κ2) is 3.88. The lowest BCUT2D eigenvalue weighted by Crippen LogP contribution is -1.98. The summed E-state index contributed by atoms with van der Waals surface area (Å²) in [6.07, 6.45) is 3.14. The van der Waals surface area contributed by atoms with Crippen molar-refractivity contribution in [2.45, 2.75) is 6.42 Å². The Bertz CT molecular complexity index is 352. The molecule has 0 fully saturated rings. The molecule has 0 saturated heterocycles. The number of nitrogens with zero attached hydrogens (tertiary/aromatic N) is 1. The standard InChI is InChI=1S/C11H10BrN/c12-11-8-10(6-7-13-11)9-4-2-1-3-5-9/h1-5,8H,6-7H2. The zero-order chi connectivity index (χ0) is 9.10. The molecule has 0 spiro atoms. The van der Waals surface area contributed by atoms with Crippen LogP contribution >= 0.6 is 15.9 Å². The van der Waals surface area contributed by atoms with Crippen LogP contribution in [0.5, 0.6) is 0 Å². The molecule has 1 aromatic rings. The minimum absolute atomic E-state index is 0.890. The molecule has 66 valence electrons. The molecule has 2 heteroatoms. The maximum absolute atomic E-state index is 4.26. The van der Waals surface area contributed by atoms with Crippen LogP contribution in [0, 0.1) is 0 Å². The van der Waals surface area contributed by atoms with Crippen molar-refractivity contribution in [2.24, 2.45) is 4.99 Å². The van der Waals surface area contributed by atoms with E-state index in [0.29, 0.717) is 0 Å². The Balaban J connectivity index is 2.32. The van der Waals surface area contributed by atoms with E-state index < -0.39 is 0 Å². The van der Waals surface area contributed by atoms with E-state index in [1.165, 1.54) is 11.1 Å². The third-order valence-corrected chi connectivity index (χ3v) is 2.56. The highest BCUT2D eigenvalue weighted by molar-refractivity contribution is 9.18. The molecule has 0 bridgehead atoms. The molecule has 2 rings (SSSR count). The van der Waals surface area contributed by atoms with Crippen molar-refractivity contribution in [1.29, 1.82) is 0 Å². The highest BCUT2D eigenvalue weighted by Gasteiger charge is 2.05. The Hall–Kier alpha value is -0.890. The molecule has 1 aliphatic rings. The average molecular weight is 236 g/mol. The predicted octanol–water partition coefficient (Wildman–Crippen LogP) is 3.27. The summed E-state index contributed by atoms with van der Waals surface area (Å²) in [4.78, 5) is 4.26. The van der Waals surface area contributed by atoms with Gasteiger partial charge in [0.15, 0.2) is 0 Å². The zero-order valence-electron chi connectivity index (χ0n) is 7.20. The number of halogens is 1. The first-order chi connectivity index (χ1) is 6.36. The summed E-state index contributed by atoms with van der Waals surface area (Å²) >= 11 is 3.40. The normalized spacial score (nSPS) is 16.4. The van der Waals surface area contributed by atoms with Gasteiger partial charge in [-0.05, 0) is 39.6 Å². The van der Waals surface area contributed by atoms with Crippen LogP contribution in [0.4, 0.5) is 0 Å². The second-order valence-corrected chi connectivity index (χ2v) is 3.80.